The van der Waals surface area contributed by atoms with Crippen molar-refractivity contribution in [3.05, 3.63) is 15.8 Å². The first-order valence-corrected chi connectivity index (χ1v) is 8.76. The van der Waals surface area contributed by atoms with Crippen LogP contribution in [0, 0.1) is 17.0 Å². The van der Waals surface area contributed by atoms with Gasteiger partial charge >= 0.3 is 5.69 Å². The molecule has 0 amide bonds. The number of aromatic nitrogens is 2. The highest BCUT2D eigenvalue weighted by molar-refractivity contribution is 8.00. The van der Waals surface area contributed by atoms with Crippen LogP contribution in [0.5, 0.6) is 0 Å². The van der Waals surface area contributed by atoms with Crippen LogP contribution in [0.15, 0.2) is 0 Å². The minimum Gasteiger partial charge on any atom is -0.363 e. The Balaban J connectivity index is 2.23. The van der Waals surface area contributed by atoms with Crippen molar-refractivity contribution in [2.75, 3.05) is 18.1 Å². The van der Waals surface area contributed by atoms with E-state index in [1.807, 2.05) is 18.7 Å². The van der Waals surface area contributed by atoms with Gasteiger partial charge in [-0.15, -0.1) is 0 Å². The second-order valence-corrected chi connectivity index (χ2v) is 6.98. The van der Waals surface area contributed by atoms with E-state index in [4.69, 9.17) is 0 Å². The summed E-state index contributed by atoms with van der Waals surface area (Å²) < 4.78 is 1.96. The highest BCUT2D eigenvalue weighted by atomic mass is 32.2. The van der Waals surface area contributed by atoms with E-state index in [2.05, 4.69) is 16.7 Å². The van der Waals surface area contributed by atoms with Gasteiger partial charge in [-0.05, 0) is 32.4 Å². The van der Waals surface area contributed by atoms with E-state index in [1.54, 1.807) is 11.6 Å². The minimum absolute atomic E-state index is 0.123. The lowest BCUT2D eigenvalue weighted by Gasteiger charge is -2.27. The molecule has 6 nitrogen and oxygen atoms in total. The van der Waals surface area contributed by atoms with Crippen LogP contribution >= 0.6 is 11.8 Å². The smallest absolute Gasteiger partial charge is 0.333 e. The molecule has 1 fully saturated rings. The van der Waals surface area contributed by atoms with Crippen LogP contribution in [0.4, 0.5) is 11.5 Å². The summed E-state index contributed by atoms with van der Waals surface area (Å²) in [6.45, 7) is 5.22. The average molecular weight is 312 g/mol. The molecular formula is C14H24N4O2S. The van der Waals surface area contributed by atoms with Crippen molar-refractivity contribution in [2.45, 2.75) is 57.2 Å². The fourth-order valence-corrected chi connectivity index (χ4v) is 3.97. The monoisotopic (exact) mass is 312 g/mol. The molecule has 0 radical (unpaired) electrons. The Labute approximate surface area is 129 Å². The largest absolute Gasteiger partial charge is 0.363 e. The second kappa shape index (κ2) is 6.68. The maximum absolute atomic E-state index is 11.3. The maximum Gasteiger partial charge on any atom is 0.333 e. The zero-order chi connectivity index (χ0) is 15.5. The SMILES string of the molecule is CCCn1nc(C)c([N+](=O)[O-])c1NCC1(SC)CCCC1. The van der Waals surface area contributed by atoms with Crippen molar-refractivity contribution in [1.82, 2.24) is 9.78 Å². The molecule has 0 saturated heterocycles. The van der Waals surface area contributed by atoms with E-state index in [9.17, 15) is 10.1 Å². The number of nitrogens with zero attached hydrogens (tertiary/aromatic N) is 3. The standard InChI is InChI=1S/C14H24N4O2S/c1-4-9-17-13(12(18(19)20)11(2)16-17)15-10-14(21-3)7-5-6-8-14/h15H,4-10H2,1-3H3. The molecule has 1 aromatic rings. The third-order valence-corrected chi connectivity index (χ3v) is 5.66. The summed E-state index contributed by atoms with van der Waals surface area (Å²) in [6.07, 6.45) is 7.89. The first-order valence-electron chi connectivity index (χ1n) is 7.54. The molecule has 0 spiro atoms. The Hall–Kier alpha value is -1.24. The summed E-state index contributed by atoms with van der Waals surface area (Å²) in [7, 11) is 0. The van der Waals surface area contributed by atoms with E-state index in [0.29, 0.717) is 18.1 Å². The molecule has 118 valence electrons. The average Bonchev–Trinajstić information content (AvgIpc) is 3.02. The van der Waals surface area contributed by atoms with Gasteiger partial charge in [-0.25, -0.2) is 4.68 Å². The highest BCUT2D eigenvalue weighted by Gasteiger charge is 2.34. The second-order valence-electron chi connectivity index (χ2n) is 5.71. The number of aryl methyl sites for hydroxylation is 2. The lowest BCUT2D eigenvalue weighted by molar-refractivity contribution is -0.384. The normalized spacial score (nSPS) is 17.1. The number of anilines is 1. The quantitative estimate of drug-likeness (QED) is 0.615. The number of hydrogen-bond acceptors (Lipinski definition) is 5. The lowest BCUT2D eigenvalue weighted by atomic mass is 10.1. The Morgan fingerprint density at radius 2 is 2.14 bits per heavy atom. The summed E-state index contributed by atoms with van der Waals surface area (Å²) in [5.41, 5.74) is 0.610. The van der Waals surface area contributed by atoms with Gasteiger partial charge in [-0.1, -0.05) is 19.8 Å². The predicted octanol–water partition coefficient (Wildman–Crippen LogP) is 3.60. The van der Waals surface area contributed by atoms with Gasteiger partial charge in [0.2, 0.25) is 5.82 Å². The number of hydrogen-bond donors (Lipinski definition) is 1. The van der Waals surface area contributed by atoms with Crippen molar-refractivity contribution in [3.8, 4) is 0 Å². The van der Waals surface area contributed by atoms with Crippen LogP contribution in [-0.2, 0) is 6.54 Å². The molecule has 1 saturated carbocycles. The molecule has 0 aliphatic heterocycles. The summed E-state index contributed by atoms with van der Waals surface area (Å²) in [5, 5.41) is 19.0. The number of nitrogens with one attached hydrogen (secondary N) is 1. The minimum atomic E-state index is -0.322. The number of thioether (sulfide) groups is 1. The molecular weight excluding hydrogens is 288 g/mol. The fourth-order valence-electron chi connectivity index (χ4n) is 3.06. The molecule has 2 rings (SSSR count). The van der Waals surface area contributed by atoms with Crippen molar-refractivity contribution in [1.29, 1.82) is 0 Å². The topological polar surface area (TPSA) is 73.0 Å². The van der Waals surface area contributed by atoms with Gasteiger partial charge in [0.1, 0.15) is 5.69 Å². The van der Waals surface area contributed by atoms with Crippen molar-refractivity contribution in [2.24, 2.45) is 0 Å². The molecule has 1 aromatic heterocycles. The molecule has 0 aromatic carbocycles. The molecule has 1 N–H and O–H groups in total. The highest BCUT2D eigenvalue weighted by Crippen LogP contribution is 2.41. The molecule has 7 heteroatoms. The van der Waals surface area contributed by atoms with Crippen molar-refractivity contribution >= 4 is 23.3 Å². The van der Waals surface area contributed by atoms with Crippen LogP contribution in [-0.4, -0.2) is 32.3 Å². The summed E-state index contributed by atoms with van der Waals surface area (Å²) >= 11 is 1.88. The molecule has 1 aliphatic rings. The summed E-state index contributed by atoms with van der Waals surface area (Å²) in [6, 6.07) is 0. The van der Waals surface area contributed by atoms with Gasteiger partial charge in [0, 0.05) is 17.8 Å². The molecule has 0 atom stereocenters. The fraction of sp³-hybridized carbons (Fsp3) is 0.786. The van der Waals surface area contributed by atoms with Gasteiger partial charge in [0.25, 0.3) is 0 Å². The molecule has 0 unspecified atom stereocenters. The Morgan fingerprint density at radius 1 is 1.48 bits per heavy atom. The van der Waals surface area contributed by atoms with E-state index in [1.165, 1.54) is 25.7 Å². The van der Waals surface area contributed by atoms with Gasteiger partial charge < -0.3 is 5.32 Å². The number of rotatable bonds is 7. The maximum atomic E-state index is 11.3. The molecule has 1 aliphatic carbocycles. The Kier molecular flexibility index (Phi) is 5.13. The third-order valence-electron chi connectivity index (χ3n) is 4.24. The molecule has 1 heterocycles. The summed E-state index contributed by atoms with van der Waals surface area (Å²) in [4.78, 5) is 11.0. The van der Waals surface area contributed by atoms with Gasteiger partial charge in [0.05, 0.1) is 4.92 Å². The molecule has 0 bridgehead atoms. The van der Waals surface area contributed by atoms with Crippen LogP contribution in [0.1, 0.15) is 44.7 Å². The zero-order valence-electron chi connectivity index (χ0n) is 13.0. The number of nitro groups is 1. The zero-order valence-corrected chi connectivity index (χ0v) is 13.8. The van der Waals surface area contributed by atoms with E-state index < -0.39 is 0 Å². The Morgan fingerprint density at radius 3 is 2.67 bits per heavy atom. The Bertz CT molecular complexity index is 509. The van der Waals surface area contributed by atoms with Crippen LogP contribution < -0.4 is 5.32 Å². The predicted molar refractivity (Wildman–Crippen MR) is 87.1 cm³/mol. The lowest BCUT2D eigenvalue weighted by Crippen LogP contribution is -2.31. The van der Waals surface area contributed by atoms with Gasteiger partial charge in [0.15, 0.2) is 0 Å². The first-order chi connectivity index (χ1) is 10.0. The van der Waals surface area contributed by atoms with Crippen LogP contribution in [0.2, 0.25) is 0 Å². The van der Waals surface area contributed by atoms with E-state index >= 15 is 0 Å². The summed E-state index contributed by atoms with van der Waals surface area (Å²) in [5.74, 6) is 0.569. The van der Waals surface area contributed by atoms with Crippen molar-refractivity contribution < 1.29 is 4.92 Å². The first kappa shape index (κ1) is 16.1. The van der Waals surface area contributed by atoms with E-state index in [-0.39, 0.29) is 15.4 Å². The van der Waals surface area contributed by atoms with E-state index in [0.717, 1.165) is 13.0 Å². The van der Waals surface area contributed by atoms with Gasteiger partial charge in [-0.2, -0.15) is 16.9 Å². The van der Waals surface area contributed by atoms with Crippen molar-refractivity contribution in [3.63, 3.8) is 0 Å². The third kappa shape index (κ3) is 3.33. The van der Waals surface area contributed by atoms with Gasteiger partial charge in [-0.3, -0.25) is 10.1 Å². The van der Waals surface area contributed by atoms with Crippen LogP contribution in [0.25, 0.3) is 0 Å². The molecule has 21 heavy (non-hydrogen) atoms. The van der Waals surface area contributed by atoms with Crippen LogP contribution in [0.3, 0.4) is 0 Å².